The van der Waals surface area contributed by atoms with Crippen LogP contribution in [-0.4, -0.2) is 19.5 Å². The van der Waals surface area contributed by atoms with E-state index in [2.05, 4.69) is 15.9 Å². The first-order chi connectivity index (χ1) is 14.8. The number of hydrogen-bond acceptors (Lipinski definition) is 2. The maximum absolute atomic E-state index is 13.7. The van der Waals surface area contributed by atoms with Gasteiger partial charge in [0.05, 0.1) is 4.90 Å². The first-order valence-corrected chi connectivity index (χ1v) is 12.5. The lowest BCUT2D eigenvalue weighted by Crippen LogP contribution is -2.31. The summed E-state index contributed by atoms with van der Waals surface area (Å²) >= 11 is 9.83. The number of halogens is 2. The van der Waals surface area contributed by atoms with Gasteiger partial charge in [0.1, 0.15) is 5.82 Å². The zero-order valence-electron chi connectivity index (χ0n) is 17.0. The molecule has 1 aromatic heterocycles. The van der Waals surface area contributed by atoms with Gasteiger partial charge in [0.15, 0.2) is 0 Å². The van der Waals surface area contributed by atoms with Crippen molar-refractivity contribution < 1.29 is 8.42 Å². The van der Waals surface area contributed by atoms with Crippen LogP contribution in [0.4, 0.5) is 5.82 Å². The average molecular weight is 516 g/mol. The number of aryl methyl sites for hydroxylation is 2. The maximum Gasteiger partial charge on any atom is 0.265 e. The number of aromatic nitrogens is 1. The van der Waals surface area contributed by atoms with Crippen molar-refractivity contribution >= 4 is 54.3 Å². The average Bonchev–Trinajstić information content (AvgIpc) is 3.26. The van der Waals surface area contributed by atoms with Gasteiger partial charge in [-0.15, -0.1) is 0 Å². The highest BCUT2D eigenvalue weighted by molar-refractivity contribution is 9.10. The van der Waals surface area contributed by atoms with Gasteiger partial charge in [-0.3, -0.25) is 4.31 Å². The second-order valence-corrected chi connectivity index (χ2v) is 11.1. The highest BCUT2D eigenvalue weighted by Gasteiger charge is 2.41. The molecule has 0 saturated heterocycles. The third-order valence-corrected chi connectivity index (χ3v) is 8.52. The molecule has 1 aliphatic rings. The van der Waals surface area contributed by atoms with E-state index in [9.17, 15) is 8.42 Å². The van der Waals surface area contributed by atoms with E-state index in [1.54, 1.807) is 16.4 Å². The molecule has 0 aliphatic carbocycles. The lowest BCUT2D eigenvalue weighted by molar-refractivity contribution is 0.590. The Morgan fingerprint density at radius 2 is 1.68 bits per heavy atom. The molecule has 0 radical (unpaired) electrons. The molecule has 0 fully saturated rings. The predicted octanol–water partition coefficient (Wildman–Crippen LogP) is 6.24. The molecule has 7 heteroatoms. The van der Waals surface area contributed by atoms with Crippen LogP contribution in [0.15, 0.2) is 76.1 Å². The zero-order valence-corrected chi connectivity index (χ0v) is 20.2. The van der Waals surface area contributed by atoms with Crippen molar-refractivity contribution in [3.8, 4) is 0 Å². The van der Waals surface area contributed by atoms with Gasteiger partial charge in [-0.1, -0.05) is 57.4 Å². The van der Waals surface area contributed by atoms with Gasteiger partial charge in [-0.25, -0.2) is 8.42 Å². The number of fused-ring (bicyclic) bond motifs is 3. The lowest BCUT2D eigenvalue weighted by atomic mass is 9.93. The van der Waals surface area contributed by atoms with Crippen molar-refractivity contribution in [3.05, 3.63) is 92.9 Å². The summed E-state index contributed by atoms with van der Waals surface area (Å²) in [5, 5.41) is 1.62. The molecule has 31 heavy (non-hydrogen) atoms. The van der Waals surface area contributed by atoms with E-state index in [0.29, 0.717) is 22.3 Å². The van der Waals surface area contributed by atoms with Gasteiger partial charge in [0.25, 0.3) is 10.0 Å². The summed E-state index contributed by atoms with van der Waals surface area (Å²) < 4.78 is 31.9. The standard InChI is InChI=1S/C24H20BrClN2O2S/c1-15-3-10-19(11-4-15)31(29,30)28-14-21(16-5-7-17(25)8-6-16)23-20-13-18(26)9-12-22(20)27(2)24(23)28/h3-13,21H,14H2,1-2H3. The van der Waals surface area contributed by atoms with E-state index < -0.39 is 10.0 Å². The number of nitrogens with zero attached hydrogens (tertiary/aromatic N) is 2. The number of rotatable bonds is 3. The van der Waals surface area contributed by atoms with Crippen LogP contribution < -0.4 is 4.31 Å². The molecule has 1 unspecified atom stereocenters. The Bertz CT molecular complexity index is 1410. The molecule has 2 heterocycles. The molecule has 1 aliphatic heterocycles. The summed E-state index contributed by atoms with van der Waals surface area (Å²) in [6, 6.07) is 20.8. The van der Waals surface area contributed by atoms with Crippen LogP contribution >= 0.6 is 27.5 Å². The Balaban J connectivity index is 1.76. The third-order valence-electron chi connectivity index (χ3n) is 5.98. The fourth-order valence-electron chi connectivity index (χ4n) is 4.44. The zero-order chi connectivity index (χ0) is 21.9. The van der Waals surface area contributed by atoms with Crippen LogP contribution in [0.3, 0.4) is 0 Å². The van der Waals surface area contributed by atoms with Crippen LogP contribution in [0.5, 0.6) is 0 Å². The minimum absolute atomic E-state index is 0.0921. The fraction of sp³-hybridized carbons (Fsp3) is 0.167. The molecule has 3 aromatic carbocycles. The third kappa shape index (κ3) is 3.28. The van der Waals surface area contributed by atoms with Crippen molar-refractivity contribution in [1.82, 2.24) is 4.57 Å². The van der Waals surface area contributed by atoms with E-state index in [1.807, 2.05) is 73.1 Å². The fourth-order valence-corrected chi connectivity index (χ4v) is 6.40. The van der Waals surface area contributed by atoms with Crippen molar-refractivity contribution in [2.24, 2.45) is 7.05 Å². The molecular formula is C24H20BrClN2O2S. The Morgan fingerprint density at radius 3 is 2.35 bits per heavy atom. The first kappa shape index (κ1) is 20.6. The van der Waals surface area contributed by atoms with Gasteiger partial charge < -0.3 is 4.57 Å². The Labute approximate surface area is 195 Å². The lowest BCUT2D eigenvalue weighted by Gasteiger charge is -2.22. The van der Waals surface area contributed by atoms with Gasteiger partial charge in [-0.05, 0) is 55.0 Å². The molecule has 1 atom stereocenters. The van der Waals surface area contributed by atoms with E-state index in [-0.39, 0.29) is 5.92 Å². The number of anilines is 1. The largest absolute Gasteiger partial charge is 0.330 e. The summed E-state index contributed by atoms with van der Waals surface area (Å²) in [5.41, 5.74) is 4.05. The molecule has 0 spiro atoms. The van der Waals surface area contributed by atoms with Crippen LogP contribution in [-0.2, 0) is 17.1 Å². The number of benzene rings is 3. The normalized spacial score (nSPS) is 16.1. The van der Waals surface area contributed by atoms with Crippen molar-refractivity contribution in [3.63, 3.8) is 0 Å². The molecule has 0 N–H and O–H groups in total. The maximum atomic E-state index is 13.7. The molecule has 4 nitrogen and oxygen atoms in total. The number of hydrogen-bond donors (Lipinski definition) is 0. The van der Waals surface area contributed by atoms with E-state index in [4.69, 9.17) is 11.6 Å². The number of sulfonamides is 1. The quantitative estimate of drug-likeness (QED) is 0.324. The van der Waals surface area contributed by atoms with Crippen molar-refractivity contribution in [2.75, 3.05) is 10.8 Å². The van der Waals surface area contributed by atoms with Gasteiger partial charge in [-0.2, -0.15) is 0 Å². The molecule has 0 amide bonds. The van der Waals surface area contributed by atoms with Gasteiger partial charge in [0, 0.05) is 45.5 Å². The van der Waals surface area contributed by atoms with E-state index in [1.165, 1.54) is 0 Å². The van der Waals surface area contributed by atoms with Gasteiger partial charge in [0.2, 0.25) is 0 Å². The highest BCUT2D eigenvalue weighted by Crippen LogP contribution is 2.48. The molecular weight excluding hydrogens is 496 g/mol. The topological polar surface area (TPSA) is 42.3 Å². The Kier molecular flexibility index (Phi) is 4.92. The van der Waals surface area contributed by atoms with Crippen LogP contribution in [0.1, 0.15) is 22.6 Å². The summed E-state index contributed by atoms with van der Waals surface area (Å²) in [6.07, 6.45) is 0. The smallest absolute Gasteiger partial charge is 0.265 e. The van der Waals surface area contributed by atoms with Crippen LogP contribution in [0.2, 0.25) is 5.02 Å². The van der Waals surface area contributed by atoms with Crippen molar-refractivity contribution in [1.29, 1.82) is 0 Å². The predicted molar refractivity (Wildman–Crippen MR) is 130 cm³/mol. The minimum atomic E-state index is -3.73. The molecule has 5 rings (SSSR count). The highest BCUT2D eigenvalue weighted by atomic mass is 79.9. The van der Waals surface area contributed by atoms with Crippen molar-refractivity contribution in [2.45, 2.75) is 17.7 Å². The summed E-state index contributed by atoms with van der Waals surface area (Å²) in [4.78, 5) is 0.295. The van der Waals surface area contributed by atoms with Crippen LogP contribution in [0.25, 0.3) is 10.9 Å². The first-order valence-electron chi connectivity index (χ1n) is 9.90. The van der Waals surface area contributed by atoms with E-state index >= 15 is 0 Å². The molecule has 0 bridgehead atoms. The Hall–Kier alpha value is -2.28. The second-order valence-electron chi connectivity index (χ2n) is 7.91. The molecule has 4 aromatic rings. The SMILES string of the molecule is Cc1ccc(S(=O)(=O)N2CC(c3ccc(Br)cc3)c3c2n(C)c2ccc(Cl)cc32)cc1. The van der Waals surface area contributed by atoms with Gasteiger partial charge >= 0.3 is 0 Å². The monoisotopic (exact) mass is 514 g/mol. The second kappa shape index (κ2) is 7.40. The Morgan fingerprint density at radius 1 is 1.00 bits per heavy atom. The summed E-state index contributed by atoms with van der Waals surface area (Å²) in [6.45, 7) is 2.29. The summed E-state index contributed by atoms with van der Waals surface area (Å²) in [5.74, 6) is 0.608. The molecule has 0 saturated carbocycles. The molecule has 158 valence electrons. The van der Waals surface area contributed by atoms with Crippen LogP contribution in [0, 0.1) is 6.92 Å². The summed E-state index contributed by atoms with van der Waals surface area (Å²) in [7, 11) is -1.81. The van der Waals surface area contributed by atoms with E-state index in [0.717, 1.165) is 32.1 Å². The minimum Gasteiger partial charge on any atom is -0.330 e.